The number of nitrogens with zero attached hydrogens (tertiary/aromatic N) is 2. The molecule has 0 radical (unpaired) electrons. The number of aromatic amines is 1. The highest BCUT2D eigenvalue weighted by Gasteiger charge is 2.18. The van der Waals surface area contributed by atoms with Crippen molar-refractivity contribution in [3.63, 3.8) is 0 Å². The van der Waals surface area contributed by atoms with Crippen LogP contribution in [0, 0.1) is 6.92 Å². The molecule has 0 fully saturated rings. The zero-order chi connectivity index (χ0) is 23.5. The maximum absolute atomic E-state index is 13.6. The molecule has 0 spiro atoms. The first-order chi connectivity index (χ1) is 16.6. The fraction of sp³-hybridized carbons (Fsp3) is 0.148. The Bertz CT molecular complexity index is 1520. The van der Waals surface area contributed by atoms with Gasteiger partial charge in [0.1, 0.15) is 11.0 Å². The predicted octanol–water partition coefficient (Wildman–Crippen LogP) is 4.63. The van der Waals surface area contributed by atoms with Crippen LogP contribution in [-0.2, 0) is 11.2 Å². The van der Waals surface area contributed by atoms with Gasteiger partial charge in [0.25, 0.3) is 5.56 Å². The molecule has 0 aliphatic heterocycles. The molecule has 0 saturated carbocycles. The zero-order valence-corrected chi connectivity index (χ0v) is 19.6. The minimum atomic E-state index is -0.183. The molecule has 34 heavy (non-hydrogen) atoms. The second-order valence-corrected chi connectivity index (χ2v) is 9.08. The molecule has 0 aliphatic rings. The van der Waals surface area contributed by atoms with Crippen molar-refractivity contribution in [2.24, 2.45) is 0 Å². The van der Waals surface area contributed by atoms with Crippen molar-refractivity contribution < 1.29 is 4.79 Å². The number of amides is 1. The summed E-state index contributed by atoms with van der Waals surface area (Å²) in [5.41, 5.74) is 4.75. The molecular weight excluding hydrogens is 444 g/mol. The molecule has 0 unspecified atom stereocenters. The topological polar surface area (TPSA) is 79.8 Å². The average Bonchev–Trinajstić information content (AvgIpc) is 3.23. The second-order valence-electron chi connectivity index (χ2n) is 8.14. The number of rotatable bonds is 7. The van der Waals surface area contributed by atoms with Crippen LogP contribution in [0.5, 0.6) is 0 Å². The number of hydrogen-bond acceptors (Lipinski definition) is 4. The van der Waals surface area contributed by atoms with Gasteiger partial charge in [0, 0.05) is 17.4 Å². The van der Waals surface area contributed by atoms with Gasteiger partial charge in [-0.1, -0.05) is 78.0 Å². The first kappa shape index (κ1) is 22.0. The van der Waals surface area contributed by atoms with Crippen molar-refractivity contribution >= 4 is 39.6 Å². The van der Waals surface area contributed by atoms with Gasteiger partial charge in [-0.3, -0.25) is 14.2 Å². The van der Waals surface area contributed by atoms with Crippen LogP contribution in [0.25, 0.3) is 27.6 Å². The molecule has 0 atom stereocenters. The maximum Gasteiger partial charge on any atom is 0.283 e. The number of carbonyl (C=O) groups is 1. The van der Waals surface area contributed by atoms with E-state index in [1.165, 1.54) is 17.3 Å². The van der Waals surface area contributed by atoms with Gasteiger partial charge in [-0.2, -0.15) is 0 Å². The number of fused-ring (bicyclic) bond motifs is 3. The number of aromatic nitrogens is 3. The molecule has 0 aliphatic carbocycles. The highest BCUT2D eigenvalue weighted by molar-refractivity contribution is 7.99. The normalized spacial score (nSPS) is 11.2. The molecule has 170 valence electrons. The van der Waals surface area contributed by atoms with Crippen molar-refractivity contribution in [1.29, 1.82) is 0 Å². The third kappa shape index (κ3) is 4.47. The Kier molecular flexibility index (Phi) is 6.18. The van der Waals surface area contributed by atoms with Gasteiger partial charge >= 0.3 is 0 Å². The number of para-hydroxylation sites is 1. The van der Waals surface area contributed by atoms with E-state index in [0.29, 0.717) is 22.7 Å². The van der Waals surface area contributed by atoms with Crippen molar-refractivity contribution in [2.45, 2.75) is 18.5 Å². The largest absolute Gasteiger partial charge is 0.355 e. The van der Waals surface area contributed by atoms with Crippen LogP contribution in [0.2, 0.25) is 0 Å². The Balaban J connectivity index is 1.44. The summed E-state index contributed by atoms with van der Waals surface area (Å²) >= 11 is 1.27. The zero-order valence-electron chi connectivity index (χ0n) is 18.7. The monoisotopic (exact) mass is 468 g/mol. The minimum Gasteiger partial charge on any atom is -0.355 e. The summed E-state index contributed by atoms with van der Waals surface area (Å²) in [6.07, 6.45) is 0.769. The molecule has 1 amide bonds. The number of nitrogens with one attached hydrogen (secondary N) is 2. The fourth-order valence-corrected chi connectivity index (χ4v) is 4.77. The van der Waals surface area contributed by atoms with E-state index in [2.05, 4.69) is 10.3 Å². The molecule has 0 bridgehead atoms. The summed E-state index contributed by atoms with van der Waals surface area (Å²) in [6.45, 7) is 2.56. The van der Waals surface area contributed by atoms with E-state index in [1.807, 2.05) is 85.8 Å². The number of thioether (sulfide) groups is 1. The molecule has 2 heterocycles. The minimum absolute atomic E-state index is 0.0929. The van der Waals surface area contributed by atoms with Crippen LogP contribution in [-0.4, -0.2) is 32.7 Å². The maximum atomic E-state index is 13.6. The number of aryl methyl sites for hydroxylation is 1. The van der Waals surface area contributed by atoms with E-state index in [0.717, 1.165) is 28.6 Å². The van der Waals surface area contributed by atoms with Crippen molar-refractivity contribution in [1.82, 2.24) is 19.9 Å². The van der Waals surface area contributed by atoms with Crippen LogP contribution in [0.1, 0.15) is 11.1 Å². The van der Waals surface area contributed by atoms with Crippen LogP contribution >= 0.6 is 11.8 Å². The standard InChI is InChI=1S/C27H24N4O2S/c1-18-11-13-20(14-12-18)31-26(33)25-24(21-9-5-6-10-22(21)29-25)30-27(31)34-17-23(32)28-16-15-19-7-3-2-4-8-19/h2-14,29H,15-17H2,1H3,(H,28,32). The summed E-state index contributed by atoms with van der Waals surface area (Å²) in [4.78, 5) is 34.2. The molecule has 2 aromatic heterocycles. The smallest absolute Gasteiger partial charge is 0.283 e. The summed E-state index contributed by atoms with van der Waals surface area (Å²) in [6, 6.07) is 25.5. The number of H-pyrrole nitrogens is 1. The van der Waals surface area contributed by atoms with Crippen molar-refractivity contribution in [2.75, 3.05) is 12.3 Å². The van der Waals surface area contributed by atoms with Gasteiger partial charge in [-0.15, -0.1) is 0 Å². The summed E-state index contributed by atoms with van der Waals surface area (Å²) in [7, 11) is 0. The third-order valence-corrected chi connectivity index (χ3v) is 6.64. The molecule has 2 N–H and O–H groups in total. The van der Waals surface area contributed by atoms with Crippen molar-refractivity contribution in [3.05, 3.63) is 100 Å². The Morgan fingerprint density at radius 2 is 1.74 bits per heavy atom. The first-order valence-corrected chi connectivity index (χ1v) is 12.1. The van der Waals surface area contributed by atoms with E-state index in [1.54, 1.807) is 4.57 Å². The Morgan fingerprint density at radius 1 is 1.00 bits per heavy atom. The molecule has 7 heteroatoms. The van der Waals surface area contributed by atoms with Crippen LogP contribution in [0.15, 0.2) is 88.8 Å². The van der Waals surface area contributed by atoms with Gasteiger partial charge in [0.05, 0.1) is 11.4 Å². The first-order valence-electron chi connectivity index (χ1n) is 11.1. The Morgan fingerprint density at radius 3 is 2.53 bits per heavy atom. The molecule has 5 aromatic rings. The SMILES string of the molecule is Cc1ccc(-n2c(SCC(=O)NCCc3ccccc3)nc3c([nH]c4ccccc43)c2=O)cc1. The molecular formula is C27H24N4O2S. The quantitative estimate of drug-likeness (QED) is 0.270. The molecule has 0 saturated heterocycles. The van der Waals surface area contributed by atoms with E-state index >= 15 is 0 Å². The van der Waals surface area contributed by atoms with Gasteiger partial charge in [0.2, 0.25) is 5.91 Å². The van der Waals surface area contributed by atoms with Crippen LogP contribution < -0.4 is 10.9 Å². The van der Waals surface area contributed by atoms with E-state index < -0.39 is 0 Å². The lowest BCUT2D eigenvalue weighted by Gasteiger charge is -2.12. The fourth-order valence-electron chi connectivity index (χ4n) is 3.93. The Hall–Kier alpha value is -3.84. The summed E-state index contributed by atoms with van der Waals surface area (Å²) < 4.78 is 1.58. The summed E-state index contributed by atoms with van der Waals surface area (Å²) in [5, 5.41) is 4.34. The number of hydrogen-bond donors (Lipinski definition) is 2. The van der Waals surface area contributed by atoms with Gasteiger partial charge in [-0.05, 0) is 37.1 Å². The highest BCUT2D eigenvalue weighted by Crippen LogP contribution is 2.26. The lowest BCUT2D eigenvalue weighted by Crippen LogP contribution is -2.28. The molecule has 3 aromatic carbocycles. The molecule has 6 nitrogen and oxygen atoms in total. The van der Waals surface area contributed by atoms with Gasteiger partial charge < -0.3 is 10.3 Å². The van der Waals surface area contributed by atoms with E-state index in [-0.39, 0.29) is 17.2 Å². The lowest BCUT2D eigenvalue weighted by molar-refractivity contribution is -0.118. The third-order valence-electron chi connectivity index (χ3n) is 5.70. The lowest BCUT2D eigenvalue weighted by atomic mass is 10.1. The van der Waals surface area contributed by atoms with E-state index in [9.17, 15) is 9.59 Å². The Labute approximate surface area is 201 Å². The van der Waals surface area contributed by atoms with Crippen LogP contribution in [0.3, 0.4) is 0 Å². The number of carbonyl (C=O) groups excluding carboxylic acids is 1. The van der Waals surface area contributed by atoms with Crippen molar-refractivity contribution in [3.8, 4) is 5.69 Å². The van der Waals surface area contributed by atoms with Crippen LogP contribution in [0.4, 0.5) is 0 Å². The summed E-state index contributed by atoms with van der Waals surface area (Å²) in [5.74, 6) is 0.0747. The van der Waals surface area contributed by atoms with Gasteiger partial charge in [-0.25, -0.2) is 4.98 Å². The average molecular weight is 469 g/mol. The van der Waals surface area contributed by atoms with Gasteiger partial charge in [0.15, 0.2) is 5.16 Å². The predicted molar refractivity (Wildman–Crippen MR) is 138 cm³/mol. The highest BCUT2D eigenvalue weighted by atomic mass is 32.2. The number of benzene rings is 3. The molecule has 5 rings (SSSR count). The second kappa shape index (κ2) is 9.57. The van der Waals surface area contributed by atoms with E-state index in [4.69, 9.17) is 4.98 Å².